The second kappa shape index (κ2) is 6.06. The Morgan fingerprint density at radius 1 is 1.25 bits per heavy atom. The zero-order valence-corrected chi connectivity index (χ0v) is 10.5. The lowest BCUT2D eigenvalue weighted by molar-refractivity contribution is 0.322. The summed E-state index contributed by atoms with van der Waals surface area (Å²) in [6.45, 7) is 3.91. The third kappa shape index (κ3) is 3.65. The van der Waals surface area contributed by atoms with E-state index in [9.17, 15) is 4.39 Å². The van der Waals surface area contributed by atoms with Gasteiger partial charge < -0.3 is 10.1 Å². The van der Waals surface area contributed by atoms with Crippen molar-refractivity contribution in [3.05, 3.63) is 29.8 Å². The predicted molar refractivity (Wildman–Crippen MR) is 64.8 cm³/mol. The molecule has 1 aromatic rings. The topological polar surface area (TPSA) is 21.3 Å². The molecule has 2 unspecified atom stereocenters. The summed E-state index contributed by atoms with van der Waals surface area (Å²) in [7, 11) is 1.60. The second-order valence-corrected chi connectivity index (χ2v) is 4.32. The van der Waals surface area contributed by atoms with E-state index < -0.39 is 11.7 Å². The Bertz CT molecular complexity index is 313. The smallest absolute Gasteiger partial charge is 0.192 e. The van der Waals surface area contributed by atoms with Gasteiger partial charge in [0, 0.05) is 6.04 Å². The first kappa shape index (κ1) is 13.3. The molecule has 0 bridgehead atoms. The van der Waals surface area contributed by atoms with Gasteiger partial charge in [-0.25, -0.2) is 4.39 Å². The molecule has 1 rings (SSSR count). The van der Waals surface area contributed by atoms with Crippen LogP contribution in [0.3, 0.4) is 0 Å². The first-order chi connectivity index (χ1) is 7.54. The molecular formula is C12H17ClFNO. The summed E-state index contributed by atoms with van der Waals surface area (Å²) in [5.41, 5.74) is -0.632. The largest absolute Gasteiger partial charge is 0.497 e. The number of ether oxygens (including phenoxy) is 1. The van der Waals surface area contributed by atoms with Crippen molar-refractivity contribution in [1.82, 2.24) is 5.32 Å². The minimum absolute atomic E-state index is 0.170. The molecule has 90 valence electrons. The minimum atomic E-state index is -1.45. The van der Waals surface area contributed by atoms with E-state index in [1.54, 1.807) is 19.2 Å². The number of methoxy groups -OCH3 is 1. The fourth-order valence-electron chi connectivity index (χ4n) is 1.48. The number of hydrogen-bond donors (Lipinski definition) is 1. The van der Waals surface area contributed by atoms with E-state index in [-0.39, 0.29) is 6.04 Å². The van der Waals surface area contributed by atoms with E-state index in [0.717, 1.165) is 11.3 Å². The number of hydrogen-bond acceptors (Lipinski definition) is 2. The summed E-state index contributed by atoms with van der Waals surface area (Å²) in [6, 6.07) is 6.89. The molecule has 4 heteroatoms. The molecule has 0 aliphatic heterocycles. The monoisotopic (exact) mass is 245 g/mol. The van der Waals surface area contributed by atoms with Crippen molar-refractivity contribution in [2.24, 2.45) is 0 Å². The van der Waals surface area contributed by atoms with Gasteiger partial charge in [0.05, 0.1) is 13.2 Å². The summed E-state index contributed by atoms with van der Waals surface area (Å²) in [5.74, 6) is 0.747. The van der Waals surface area contributed by atoms with Gasteiger partial charge >= 0.3 is 0 Å². The van der Waals surface area contributed by atoms with E-state index >= 15 is 0 Å². The van der Waals surface area contributed by atoms with Crippen LogP contribution in [0.4, 0.5) is 4.39 Å². The fraction of sp³-hybridized carbons (Fsp3) is 0.500. The Labute approximate surface area is 101 Å². The molecule has 0 radical (unpaired) electrons. The maximum absolute atomic E-state index is 13.3. The molecule has 0 aromatic heterocycles. The molecule has 16 heavy (non-hydrogen) atoms. The Morgan fingerprint density at radius 3 is 2.19 bits per heavy atom. The highest BCUT2D eigenvalue weighted by Crippen LogP contribution is 2.24. The van der Waals surface area contributed by atoms with Crippen LogP contribution in [-0.4, -0.2) is 18.8 Å². The van der Waals surface area contributed by atoms with Crippen LogP contribution in [0.15, 0.2) is 24.3 Å². The zero-order valence-electron chi connectivity index (χ0n) is 9.71. The molecule has 0 heterocycles. The van der Waals surface area contributed by atoms with Crippen LogP contribution in [0, 0.1) is 0 Å². The van der Waals surface area contributed by atoms with Gasteiger partial charge in [-0.05, 0) is 17.7 Å². The van der Waals surface area contributed by atoms with Crippen LogP contribution < -0.4 is 10.1 Å². The standard InChI is InChI=1S/C12H17ClFNO/c1-8(2)15-11(12(13)14)9-4-6-10(16-3)7-5-9/h4-8,11-12,15H,1-3H3. The Balaban J connectivity index is 2.84. The maximum atomic E-state index is 13.3. The molecular weight excluding hydrogens is 229 g/mol. The normalized spacial score (nSPS) is 14.9. The molecule has 1 N–H and O–H groups in total. The molecule has 0 fully saturated rings. The van der Waals surface area contributed by atoms with Gasteiger partial charge in [0.2, 0.25) is 0 Å². The van der Waals surface area contributed by atoms with Crippen LogP contribution >= 0.6 is 11.6 Å². The van der Waals surface area contributed by atoms with Crippen LogP contribution in [-0.2, 0) is 0 Å². The summed E-state index contributed by atoms with van der Waals surface area (Å²) >= 11 is 5.54. The molecule has 0 aliphatic carbocycles. The number of halogens is 2. The van der Waals surface area contributed by atoms with Crippen molar-refractivity contribution in [3.8, 4) is 5.75 Å². The lowest BCUT2D eigenvalue weighted by atomic mass is 10.1. The van der Waals surface area contributed by atoms with Gasteiger partial charge in [-0.15, -0.1) is 0 Å². The molecule has 2 atom stereocenters. The van der Waals surface area contributed by atoms with Gasteiger partial charge in [0.15, 0.2) is 5.63 Å². The molecule has 0 amide bonds. The van der Waals surface area contributed by atoms with Crippen molar-refractivity contribution >= 4 is 11.6 Å². The highest BCUT2D eigenvalue weighted by molar-refractivity contribution is 6.20. The average molecular weight is 246 g/mol. The Kier molecular flexibility index (Phi) is 5.03. The van der Waals surface area contributed by atoms with Gasteiger partial charge in [0.25, 0.3) is 0 Å². The molecule has 1 aromatic carbocycles. The predicted octanol–water partition coefficient (Wildman–Crippen LogP) is 3.27. The average Bonchev–Trinajstić information content (AvgIpc) is 2.25. The summed E-state index contributed by atoms with van der Waals surface area (Å²) < 4.78 is 18.3. The highest BCUT2D eigenvalue weighted by Gasteiger charge is 2.21. The van der Waals surface area contributed by atoms with E-state index in [2.05, 4.69) is 5.32 Å². The Morgan fingerprint density at radius 2 is 1.81 bits per heavy atom. The van der Waals surface area contributed by atoms with Crippen LogP contribution in [0.25, 0.3) is 0 Å². The lowest BCUT2D eigenvalue weighted by Crippen LogP contribution is -2.32. The van der Waals surface area contributed by atoms with Crippen molar-refractivity contribution in [3.63, 3.8) is 0 Å². The van der Waals surface area contributed by atoms with E-state index in [1.807, 2.05) is 26.0 Å². The summed E-state index contributed by atoms with van der Waals surface area (Å²) in [6.07, 6.45) is 0. The van der Waals surface area contributed by atoms with E-state index in [0.29, 0.717) is 0 Å². The Hall–Kier alpha value is -0.800. The first-order valence-corrected chi connectivity index (χ1v) is 5.66. The lowest BCUT2D eigenvalue weighted by Gasteiger charge is -2.21. The fourth-order valence-corrected chi connectivity index (χ4v) is 1.70. The van der Waals surface area contributed by atoms with E-state index in [4.69, 9.17) is 16.3 Å². The number of rotatable bonds is 5. The van der Waals surface area contributed by atoms with Crippen molar-refractivity contribution in [1.29, 1.82) is 0 Å². The van der Waals surface area contributed by atoms with Crippen molar-refractivity contribution in [2.45, 2.75) is 31.6 Å². The van der Waals surface area contributed by atoms with Crippen LogP contribution in [0.5, 0.6) is 5.75 Å². The third-order valence-corrected chi connectivity index (χ3v) is 2.49. The summed E-state index contributed by atoms with van der Waals surface area (Å²) in [4.78, 5) is 0. The molecule has 0 spiro atoms. The minimum Gasteiger partial charge on any atom is -0.497 e. The first-order valence-electron chi connectivity index (χ1n) is 5.22. The quantitative estimate of drug-likeness (QED) is 0.804. The van der Waals surface area contributed by atoms with Crippen LogP contribution in [0.1, 0.15) is 25.5 Å². The zero-order chi connectivity index (χ0) is 12.1. The van der Waals surface area contributed by atoms with Gasteiger partial charge in [0.1, 0.15) is 5.75 Å². The van der Waals surface area contributed by atoms with Gasteiger partial charge in [-0.3, -0.25) is 0 Å². The number of nitrogens with one attached hydrogen (secondary N) is 1. The maximum Gasteiger partial charge on any atom is 0.192 e. The third-order valence-electron chi connectivity index (χ3n) is 2.24. The molecule has 2 nitrogen and oxygen atoms in total. The van der Waals surface area contributed by atoms with Crippen molar-refractivity contribution < 1.29 is 9.13 Å². The number of alkyl halides is 2. The second-order valence-electron chi connectivity index (χ2n) is 3.91. The molecule has 0 aliphatic rings. The van der Waals surface area contributed by atoms with E-state index in [1.165, 1.54) is 0 Å². The van der Waals surface area contributed by atoms with Gasteiger partial charge in [-0.2, -0.15) is 0 Å². The van der Waals surface area contributed by atoms with Crippen LogP contribution in [0.2, 0.25) is 0 Å². The summed E-state index contributed by atoms with van der Waals surface area (Å²) in [5, 5.41) is 3.09. The van der Waals surface area contributed by atoms with Gasteiger partial charge in [-0.1, -0.05) is 37.6 Å². The SMILES string of the molecule is COc1ccc(C(NC(C)C)C(F)Cl)cc1. The molecule has 0 saturated heterocycles. The number of benzene rings is 1. The van der Waals surface area contributed by atoms with Crippen molar-refractivity contribution in [2.75, 3.05) is 7.11 Å². The highest BCUT2D eigenvalue weighted by atomic mass is 35.5. The molecule has 0 saturated carbocycles.